The first-order valence-electron chi connectivity index (χ1n) is 13.8. The van der Waals surface area contributed by atoms with Gasteiger partial charge in [-0.25, -0.2) is 4.39 Å². The number of allylic oxidation sites excluding steroid dienone is 2. The molecule has 0 bridgehead atoms. The van der Waals surface area contributed by atoms with Crippen LogP contribution >= 0.6 is 0 Å². The summed E-state index contributed by atoms with van der Waals surface area (Å²) in [6.07, 6.45) is 4.43. The SMILES string of the molecule is CC(C)c1ccc2c(-c3[c-]c4ccccc4c(C(C)(C)C)c3)nccc2c1.CCC(CC)/C(O)=C/C(=O)CF.[Ir]. The smallest absolute Gasteiger partial charge is 0.189 e. The van der Waals surface area contributed by atoms with E-state index in [0.717, 1.165) is 35.6 Å². The minimum Gasteiger partial charge on any atom is -0.512 e. The molecular formula is C35H41FIrNO2-. The number of ketones is 1. The van der Waals surface area contributed by atoms with E-state index in [-0.39, 0.29) is 37.2 Å². The molecule has 0 unspecified atom stereocenters. The Morgan fingerprint density at radius 3 is 2.30 bits per heavy atom. The van der Waals surface area contributed by atoms with E-state index in [0.29, 0.717) is 5.92 Å². The molecule has 0 saturated heterocycles. The number of carbonyl (C=O) groups excluding carboxylic acids is 1. The van der Waals surface area contributed by atoms with Gasteiger partial charge in [-0.15, -0.1) is 29.1 Å². The number of hydrogen-bond acceptors (Lipinski definition) is 3. The summed E-state index contributed by atoms with van der Waals surface area (Å²) in [7, 11) is 0. The van der Waals surface area contributed by atoms with Gasteiger partial charge >= 0.3 is 0 Å². The minimum atomic E-state index is -1.04. The van der Waals surface area contributed by atoms with Gasteiger partial charge in [-0.05, 0) is 46.6 Å². The molecule has 4 rings (SSSR count). The summed E-state index contributed by atoms with van der Waals surface area (Å²) < 4.78 is 11.7. The number of aliphatic hydroxyl groups is 1. The van der Waals surface area contributed by atoms with E-state index in [1.54, 1.807) is 0 Å². The number of halogens is 1. The summed E-state index contributed by atoms with van der Waals surface area (Å²) in [6.45, 7) is 14.1. The number of alkyl halides is 1. The summed E-state index contributed by atoms with van der Waals surface area (Å²) in [5.41, 5.74) is 4.83. The van der Waals surface area contributed by atoms with Gasteiger partial charge < -0.3 is 5.11 Å². The summed E-state index contributed by atoms with van der Waals surface area (Å²) in [5.74, 6) is -0.159. The molecule has 0 fully saturated rings. The summed E-state index contributed by atoms with van der Waals surface area (Å²) in [4.78, 5) is 15.3. The second kappa shape index (κ2) is 14.7. The number of nitrogens with zero attached hydrogens (tertiary/aromatic N) is 1. The maximum absolute atomic E-state index is 11.7. The van der Waals surface area contributed by atoms with Crippen LogP contribution < -0.4 is 0 Å². The molecule has 1 N–H and O–H groups in total. The zero-order chi connectivity index (χ0) is 28.7. The molecule has 0 atom stereocenters. The van der Waals surface area contributed by atoms with Gasteiger partial charge in [0, 0.05) is 44.0 Å². The van der Waals surface area contributed by atoms with E-state index >= 15 is 0 Å². The Bertz CT molecular complexity index is 1470. The number of rotatable bonds is 7. The Hall–Kier alpha value is -2.88. The summed E-state index contributed by atoms with van der Waals surface area (Å²) in [6, 6.07) is 23.3. The van der Waals surface area contributed by atoms with Crippen LogP contribution in [0.3, 0.4) is 0 Å². The van der Waals surface area contributed by atoms with Crippen molar-refractivity contribution in [3.05, 3.63) is 89.8 Å². The van der Waals surface area contributed by atoms with E-state index in [9.17, 15) is 14.3 Å². The topological polar surface area (TPSA) is 50.2 Å². The third kappa shape index (κ3) is 8.08. The Kier molecular flexibility index (Phi) is 12.2. The van der Waals surface area contributed by atoms with Gasteiger partial charge in [0.25, 0.3) is 0 Å². The van der Waals surface area contributed by atoms with Crippen molar-refractivity contribution < 1.29 is 34.4 Å². The third-order valence-corrected chi connectivity index (χ3v) is 7.14. The molecular weight excluding hydrogens is 678 g/mol. The normalized spacial score (nSPS) is 11.9. The molecule has 1 aromatic heterocycles. The molecule has 0 amide bonds. The molecule has 3 nitrogen and oxygen atoms in total. The molecule has 4 aromatic rings. The number of aliphatic hydroxyl groups excluding tert-OH is 1. The zero-order valence-electron chi connectivity index (χ0n) is 24.6. The molecule has 5 heteroatoms. The average Bonchev–Trinajstić information content (AvgIpc) is 2.92. The Morgan fingerprint density at radius 1 is 1.02 bits per heavy atom. The molecule has 0 aliphatic heterocycles. The van der Waals surface area contributed by atoms with Crippen LogP contribution in [0.2, 0.25) is 0 Å². The van der Waals surface area contributed by atoms with Crippen molar-refractivity contribution in [3.63, 3.8) is 0 Å². The molecule has 0 spiro atoms. The number of pyridine rings is 1. The standard InChI is InChI=1S/C26H26N.C9H15FO2.Ir/c1-17(2)18-10-11-23-20(14-18)12-13-27-25(23)21-15-19-8-6-7-9-22(19)24(16-21)26(3,4)5;1-3-7(4-2)9(12)5-8(11)6-10;/h6-14,16-17H,1-5H3;5,7,12H,3-4,6H2,1-2H3;/q-1;;/b;9-5-;. The van der Waals surface area contributed by atoms with Crippen molar-refractivity contribution in [2.24, 2.45) is 5.92 Å². The molecule has 0 aliphatic carbocycles. The number of benzene rings is 3. The fraction of sp³-hybridized carbons (Fsp3) is 0.371. The van der Waals surface area contributed by atoms with E-state index in [1.807, 2.05) is 20.0 Å². The van der Waals surface area contributed by atoms with Crippen molar-refractivity contribution in [1.29, 1.82) is 0 Å². The molecule has 1 radical (unpaired) electrons. The molecule has 0 saturated carbocycles. The number of fused-ring (bicyclic) bond motifs is 2. The van der Waals surface area contributed by atoms with Crippen LogP contribution in [0.4, 0.5) is 4.39 Å². The Labute approximate surface area is 252 Å². The van der Waals surface area contributed by atoms with E-state index in [2.05, 4.69) is 95.3 Å². The molecule has 3 aromatic carbocycles. The summed E-state index contributed by atoms with van der Waals surface area (Å²) in [5, 5.41) is 14.1. The van der Waals surface area contributed by atoms with Gasteiger partial charge in [0.1, 0.15) is 0 Å². The van der Waals surface area contributed by atoms with E-state index in [4.69, 9.17) is 4.98 Å². The van der Waals surface area contributed by atoms with Crippen molar-refractivity contribution in [1.82, 2.24) is 4.98 Å². The maximum atomic E-state index is 11.7. The monoisotopic (exact) mass is 719 g/mol. The van der Waals surface area contributed by atoms with Gasteiger partial charge in [0.15, 0.2) is 12.5 Å². The van der Waals surface area contributed by atoms with Gasteiger partial charge in [0.05, 0.1) is 5.76 Å². The van der Waals surface area contributed by atoms with Crippen LogP contribution in [0.15, 0.2) is 72.6 Å². The molecule has 215 valence electrons. The van der Waals surface area contributed by atoms with Crippen molar-refractivity contribution in [3.8, 4) is 11.3 Å². The van der Waals surface area contributed by atoms with Gasteiger partial charge in [0.2, 0.25) is 0 Å². The largest absolute Gasteiger partial charge is 0.512 e. The van der Waals surface area contributed by atoms with E-state index < -0.39 is 12.5 Å². The van der Waals surface area contributed by atoms with Crippen molar-refractivity contribution >= 4 is 27.3 Å². The molecule has 0 aliphatic rings. The first-order valence-corrected chi connectivity index (χ1v) is 13.8. The van der Waals surface area contributed by atoms with Gasteiger partial charge in [-0.2, -0.15) is 0 Å². The second-order valence-corrected chi connectivity index (χ2v) is 11.4. The average molecular weight is 719 g/mol. The maximum Gasteiger partial charge on any atom is 0.189 e. The van der Waals surface area contributed by atoms with Crippen LogP contribution in [-0.2, 0) is 30.3 Å². The minimum absolute atomic E-state index is 0. The summed E-state index contributed by atoms with van der Waals surface area (Å²) >= 11 is 0. The third-order valence-electron chi connectivity index (χ3n) is 7.14. The number of carbonyl (C=O) groups is 1. The van der Waals surface area contributed by atoms with Gasteiger partial charge in [-0.1, -0.05) is 95.8 Å². The zero-order valence-corrected chi connectivity index (χ0v) is 27.0. The second-order valence-electron chi connectivity index (χ2n) is 11.4. The Morgan fingerprint density at radius 2 is 1.70 bits per heavy atom. The van der Waals surface area contributed by atoms with Crippen molar-refractivity contribution in [2.75, 3.05) is 6.67 Å². The number of hydrogen-bond donors (Lipinski definition) is 1. The van der Waals surface area contributed by atoms with Crippen LogP contribution in [0.5, 0.6) is 0 Å². The van der Waals surface area contributed by atoms with Crippen LogP contribution in [-0.4, -0.2) is 22.5 Å². The van der Waals surface area contributed by atoms with Crippen LogP contribution in [0.1, 0.15) is 78.4 Å². The fourth-order valence-electron chi connectivity index (χ4n) is 4.78. The predicted octanol–water partition coefficient (Wildman–Crippen LogP) is 9.68. The number of aromatic nitrogens is 1. The van der Waals surface area contributed by atoms with Crippen molar-refractivity contribution in [2.45, 2.75) is 72.6 Å². The van der Waals surface area contributed by atoms with Gasteiger partial charge in [-0.3, -0.25) is 9.78 Å². The Balaban J connectivity index is 0.000000369. The van der Waals surface area contributed by atoms with Crippen LogP contribution in [0, 0.1) is 12.0 Å². The fourth-order valence-corrected chi connectivity index (χ4v) is 4.78. The first-order chi connectivity index (χ1) is 18.5. The quantitative estimate of drug-likeness (QED) is 0.118. The first kappa shape index (κ1) is 33.3. The molecule has 1 heterocycles. The predicted molar refractivity (Wildman–Crippen MR) is 162 cm³/mol. The molecule has 40 heavy (non-hydrogen) atoms. The van der Waals surface area contributed by atoms with E-state index in [1.165, 1.54) is 27.3 Å². The van der Waals surface area contributed by atoms with Crippen LogP contribution in [0.25, 0.3) is 32.8 Å².